The lowest BCUT2D eigenvalue weighted by Crippen LogP contribution is -1.87. The van der Waals surface area contributed by atoms with Crippen molar-refractivity contribution in [2.24, 2.45) is 0 Å². The van der Waals surface area contributed by atoms with Crippen molar-refractivity contribution in [3.05, 3.63) is 59.9 Å². The number of hydrogen-bond acceptors (Lipinski definition) is 0. The van der Waals surface area contributed by atoms with Crippen LogP contribution in [0.1, 0.15) is 25.3 Å². The van der Waals surface area contributed by atoms with E-state index in [-0.39, 0.29) is 5.82 Å². The van der Waals surface area contributed by atoms with E-state index in [4.69, 9.17) is 0 Å². The summed E-state index contributed by atoms with van der Waals surface area (Å²) in [5.41, 5.74) is 3.10. The Kier molecular flexibility index (Phi) is 3.04. The van der Waals surface area contributed by atoms with Gasteiger partial charge in [0.25, 0.3) is 0 Å². The smallest absolute Gasteiger partial charge is 0.123 e. The zero-order chi connectivity index (χ0) is 11.5. The predicted octanol–water partition coefficient (Wildman–Crippen LogP) is 4.42. The molecule has 0 atom stereocenters. The molecule has 0 saturated carbocycles. The Balaban J connectivity index is 2.35. The molecular weight excluding hydrogens is 199 g/mol. The Bertz CT molecular complexity index is 469. The Hall–Kier alpha value is -1.63. The largest absolute Gasteiger partial charge is 0.207 e. The van der Waals surface area contributed by atoms with Crippen LogP contribution in [0, 0.1) is 11.9 Å². The molecule has 2 rings (SSSR count). The molecule has 0 fully saturated rings. The summed E-state index contributed by atoms with van der Waals surface area (Å²) in [6.07, 6.45) is 0. The van der Waals surface area contributed by atoms with E-state index in [9.17, 15) is 4.39 Å². The fourth-order valence-corrected chi connectivity index (χ4v) is 1.65. The van der Waals surface area contributed by atoms with Crippen LogP contribution in [0.25, 0.3) is 11.1 Å². The summed E-state index contributed by atoms with van der Waals surface area (Å²) >= 11 is 0. The fraction of sp³-hybridized carbons (Fsp3) is 0.200. The first-order chi connectivity index (χ1) is 7.66. The molecule has 0 bridgehead atoms. The summed E-state index contributed by atoms with van der Waals surface area (Å²) in [4.78, 5) is 0. The third kappa shape index (κ3) is 2.30. The highest BCUT2D eigenvalue weighted by Crippen LogP contribution is 2.22. The molecule has 16 heavy (non-hydrogen) atoms. The SMILES string of the molecule is CC(C)c1ccc(-c2[c]ccc(F)c2)cc1. The van der Waals surface area contributed by atoms with Crippen LogP contribution in [0.3, 0.4) is 0 Å². The second-order valence-electron chi connectivity index (χ2n) is 4.20. The molecule has 0 amide bonds. The zero-order valence-electron chi connectivity index (χ0n) is 9.50. The molecule has 0 N–H and O–H groups in total. The molecular formula is C15H14F. The quantitative estimate of drug-likeness (QED) is 0.692. The maximum absolute atomic E-state index is 13.0. The second kappa shape index (κ2) is 4.48. The monoisotopic (exact) mass is 213 g/mol. The molecule has 0 unspecified atom stereocenters. The second-order valence-corrected chi connectivity index (χ2v) is 4.20. The van der Waals surface area contributed by atoms with Gasteiger partial charge in [0.05, 0.1) is 0 Å². The standard InChI is InChI=1S/C15H14F/c1-11(2)12-6-8-13(9-7-12)14-4-3-5-15(16)10-14/h3,5-11H,1-2H3. The third-order valence-corrected chi connectivity index (χ3v) is 2.65. The molecule has 2 aromatic rings. The Morgan fingerprint density at radius 2 is 1.75 bits per heavy atom. The van der Waals surface area contributed by atoms with Crippen LogP contribution in [0.4, 0.5) is 4.39 Å². The van der Waals surface area contributed by atoms with Crippen molar-refractivity contribution in [1.29, 1.82) is 0 Å². The van der Waals surface area contributed by atoms with E-state index in [0.29, 0.717) is 5.92 Å². The predicted molar refractivity (Wildman–Crippen MR) is 64.8 cm³/mol. The highest BCUT2D eigenvalue weighted by molar-refractivity contribution is 5.63. The van der Waals surface area contributed by atoms with Gasteiger partial charge in [0.1, 0.15) is 5.82 Å². The van der Waals surface area contributed by atoms with Crippen LogP contribution in [0.15, 0.2) is 42.5 Å². The molecule has 2 aromatic carbocycles. The summed E-state index contributed by atoms with van der Waals surface area (Å²) in [6, 6.07) is 15.8. The number of benzene rings is 2. The summed E-state index contributed by atoms with van der Waals surface area (Å²) in [6.45, 7) is 4.31. The van der Waals surface area contributed by atoms with Crippen molar-refractivity contribution < 1.29 is 4.39 Å². The molecule has 0 aliphatic rings. The number of hydrogen-bond donors (Lipinski definition) is 0. The van der Waals surface area contributed by atoms with Crippen LogP contribution < -0.4 is 0 Å². The molecule has 0 heterocycles. The van der Waals surface area contributed by atoms with Crippen molar-refractivity contribution >= 4 is 0 Å². The van der Waals surface area contributed by atoms with Gasteiger partial charge in [0.15, 0.2) is 0 Å². The van der Waals surface area contributed by atoms with Gasteiger partial charge in [0.2, 0.25) is 0 Å². The van der Waals surface area contributed by atoms with Gasteiger partial charge in [-0.2, -0.15) is 0 Å². The van der Waals surface area contributed by atoms with Crippen molar-refractivity contribution in [3.63, 3.8) is 0 Å². The minimum atomic E-state index is -0.221. The molecule has 0 aliphatic carbocycles. The van der Waals surface area contributed by atoms with Gasteiger partial charge >= 0.3 is 0 Å². The van der Waals surface area contributed by atoms with Gasteiger partial charge < -0.3 is 0 Å². The Labute approximate surface area is 95.7 Å². The minimum absolute atomic E-state index is 0.221. The van der Waals surface area contributed by atoms with E-state index in [1.54, 1.807) is 6.07 Å². The Morgan fingerprint density at radius 3 is 2.31 bits per heavy atom. The van der Waals surface area contributed by atoms with Crippen molar-refractivity contribution in [3.8, 4) is 11.1 Å². The first-order valence-electron chi connectivity index (χ1n) is 5.44. The van der Waals surface area contributed by atoms with Crippen LogP contribution in [0.2, 0.25) is 0 Å². The number of halogens is 1. The molecule has 0 nitrogen and oxygen atoms in total. The van der Waals surface area contributed by atoms with Crippen molar-refractivity contribution in [2.45, 2.75) is 19.8 Å². The van der Waals surface area contributed by atoms with Gasteiger partial charge in [-0.05, 0) is 40.8 Å². The van der Waals surface area contributed by atoms with E-state index in [1.807, 2.05) is 12.1 Å². The van der Waals surface area contributed by atoms with Crippen LogP contribution in [-0.4, -0.2) is 0 Å². The summed E-state index contributed by atoms with van der Waals surface area (Å²) in [7, 11) is 0. The lowest BCUT2D eigenvalue weighted by molar-refractivity contribution is 0.628. The molecule has 0 saturated heterocycles. The van der Waals surface area contributed by atoms with Crippen LogP contribution >= 0.6 is 0 Å². The van der Waals surface area contributed by atoms with Crippen LogP contribution in [-0.2, 0) is 0 Å². The van der Waals surface area contributed by atoms with E-state index in [2.05, 4.69) is 32.0 Å². The van der Waals surface area contributed by atoms with E-state index >= 15 is 0 Å². The van der Waals surface area contributed by atoms with Gasteiger partial charge in [0, 0.05) is 0 Å². The topological polar surface area (TPSA) is 0 Å². The van der Waals surface area contributed by atoms with Gasteiger partial charge in [-0.25, -0.2) is 4.39 Å². The fourth-order valence-electron chi connectivity index (χ4n) is 1.65. The summed E-state index contributed by atoms with van der Waals surface area (Å²) < 4.78 is 13.0. The molecule has 0 spiro atoms. The third-order valence-electron chi connectivity index (χ3n) is 2.65. The highest BCUT2D eigenvalue weighted by atomic mass is 19.1. The maximum atomic E-state index is 13.0. The van der Waals surface area contributed by atoms with Crippen molar-refractivity contribution in [2.75, 3.05) is 0 Å². The normalized spacial score (nSPS) is 10.8. The minimum Gasteiger partial charge on any atom is -0.207 e. The van der Waals surface area contributed by atoms with E-state index < -0.39 is 0 Å². The molecule has 1 radical (unpaired) electrons. The van der Waals surface area contributed by atoms with E-state index in [1.165, 1.54) is 17.7 Å². The zero-order valence-corrected chi connectivity index (χ0v) is 9.50. The number of rotatable bonds is 2. The van der Waals surface area contributed by atoms with Gasteiger partial charge in [-0.1, -0.05) is 44.2 Å². The first kappa shape index (κ1) is 10.9. The van der Waals surface area contributed by atoms with E-state index in [0.717, 1.165) is 11.1 Å². The van der Waals surface area contributed by atoms with Gasteiger partial charge in [-0.15, -0.1) is 0 Å². The molecule has 0 aliphatic heterocycles. The van der Waals surface area contributed by atoms with Gasteiger partial charge in [-0.3, -0.25) is 0 Å². The summed E-state index contributed by atoms with van der Waals surface area (Å²) in [5.74, 6) is 0.298. The molecule has 0 aromatic heterocycles. The van der Waals surface area contributed by atoms with Crippen LogP contribution in [0.5, 0.6) is 0 Å². The maximum Gasteiger partial charge on any atom is 0.123 e. The summed E-state index contributed by atoms with van der Waals surface area (Å²) in [5, 5.41) is 0. The lowest BCUT2D eigenvalue weighted by Gasteiger charge is -2.06. The molecule has 1 heteroatoms. The molecule has 81 valence electrons. The first-order valence-corrected chi connectivity index (χ1v) is 5.44. The average molecular weight is 213 g/mol. The van der Waals surface area contributed by atoms with Crippen molar-refractivity contribution in [1.82, 2.24) is 0 Å². The lowest BCUT2D eigenvalue weighted by atomic mass is 9.99. The average Bonchev–Trinajstić information content (AvgIpc) is 2.29. The highest BCUT2D eigenvalue weighted by Gasteiger charge is 2.01. The Morgan fingerprint density at radius 1 is 1.06 bits per heavy atom.